The summed E-state index contributed by atoms with van der Waals surface area (Å²) in [6, 6.07) is 13.2. The molecule has 26 heavy (non-hydrogen) atoms. The first kappa shape index (κ1) is 16.8. The third kappa shape index (κ3) is 2.90. The van der Waals surface area contributed by atoms with Gasteiger partial charge in [0.1, 0.15) is 11.4 Å². The van der Waals surface area contributed by atoms with Crippen molar-refractivity contribution in [2.24, 2.45) is 7.05 Å². The van der Waals surface area contributed by atoms with E-state index in [1.165, 1.54) is 35.1 Å². The fraction of sp³-hybridized carbons (Fsp3) is 0.364. The molecule has 4 nitrogen and oxygen atoms in total. The summed E-state index contributed by atoms with van der Waals surface area (Å²) < 4.78 is 7.34. The van der Waals surface area contributed by atoms with E-state index < -0.39 is 0 Å². The van der Waals surface area contributed by atoms with Crippen LogP contribution in [0.4, 0.5) is 0 Å². The molecule has 0 spiro atoms. The van der Waals surface area contributed by atoms with Gasteiger partial charge in [-0.25, -0.2) is 4.68 Å². The van der Waals surface area contributed by atoms with Crippen molar-refractivity contribution in [3.05, 3.63) is 53.1 Å². The van der Waals surface area contributed by atoms with Gasteiger partial charge in [0.2, 0.25) is 0 Å². The Balaban J connectivity index is 1.87. The molecule has 3 aromatic rings. The Labute approximate surface area is 154 Å². The molecular weight excluding hydrogens is 322 g/mol. The number of hydrogen-bond donors (Lipinski definition) is 0. The lowest BCUT2D eigenvalue weighted by atomic mass is 9.88. The van der Waals surface area contributed by atoms with E-state index in [9.17, 15) is 0 Å². The van der Waals surface area contributed by atoms with Crippen LogP contribution < -0.4 is 4.74 Å². The predicted octanol–water partition coefficient (Wildman–Crippen LogP) is 4.60. The lowest BCUT2D eigenvalue weighted by Gasteiger charge is -2.18. The molecule has 1 aliphatic rings. The zero-order chi connectivity index (χ0) is 18.1. The molecule has 0 radical (unpaired) electrons. The highest BCUT2D eigenvalue weighted by molar-refractivity contribution is 5.82. The summed E-state index contributed by atoms with van der Waals surface area (Å²) in [5, 5.41) is 8.83. The van der Waals surface area contributed by atoms with Crippen LogP contribution >= 0.6 is 0 Å². The van der Waals surface area contributed by atoms with Gasteiger partial charge in [-0.2, -0.15) is 0 Å². The molecule has 0 atom stereocenters. The van der Waals surface area contributed by atoms with E-state index >= 15 is 0 Å². The zero-order valence-corrected chi connectivity index (χ0v) is 15.7. The maximum Gasteiger partial charge on any atom is 0.121 e. The molecule has 134 valence electrons. The normalized spacial score (nSPS) is 12.6. The summed E-state index contributed by atoms with van der Waals surface area (Å²) in [5.41, 5.74) is 8.58. The molecule has 0 amide bonds. The number of hydrogen-bond acceptors (Lipinski definition) is 3. The smallest absolute Gasteiger partial charge is 0.121 e. The average molecular weight is 347 g/mol. The Morgan fingerprint density at radius 1 is 1.04 bits per heavy atom. The highest BCUT2D eigenvalue weighted by atomic mass is 16.5. The predicted molar refractivity (Wildman–Crippen MR) is 104 cm³/mol. The Kier molecular flexibility index (Phi) is 4.49. The first-order chi connectivity index (χ1) is 12.7. The van der Waals surface area contributed by atoms with Crippen molar-refractivity contribution in [1.29, 1.82) is 0 Å². The molecule has 4 rings (SSSR count). The standard InChI is InChI=1S/C22H25N3O/c1-4-5-6-15-7-11-20-16(13-15)8-9-17-14-18(26-3)10-12-19(17)21-22(20)25(2)24-23-21/h7,10-14H,4-6,8-9H2,1-3H3. The molecule has 0 saturated heterocycles. The minimum absolute atomic E-state index is 0.895. The molecule has 0 fully saturated rings. The fourth-order valence-electron chi connectivity index (χ4n) is 3.87. The minimum Gasteiger partial charge on any atom is -0.497 e. The van der Waals surface area contributed by atoms with Gasteiger partial charge in [-0.1, -0.05) is 36.8 Å². The number of benzene rings is 2. The lowest BCUT2D eigenvalue weighted by Crippen LogP contribution is -2.05. The highest BCUT2D eigenvalue weighted by Gasteiger charge is 2.23. The fourth-order valence-corrected chi connectivity index (χ4v) is 3.87. The van der Waals surface area contributed by atoms with Crippen LogP contribution in [0.15, 0.2) is 36.4 Å². The quantitative estimate of drug-likeness (QED) is 0.692. The number of fused-ring (bicyclic) bond motifs is 5. The zero-order valence-electron chi connectivity index (χ0n) is 15.7. The Morgan fingerprint density at radius 3 is 2.58 bits per heavy atom. The van der Waals surface area contributed by atoms with E-state index in [2.05, 4.69) is 47.6 Å². The molecule has 0 bridgehead atoms. The molecule has 0 aliphatic heterocycles. The van der Waals surface area contributed by atoms with E-state index in [1.54, 1.807) is 7.11 Å². The summed E-state index contributed by atoms with van der Waals surface area (Å²) in [6.45, 7) is 2.24. The number of nitrogens with zero attached hydrogens (tertiary/aromatic N) is 3. The summed E-state index contributed by atoms with van der Waals surface area (Å²) in [5.74, 6) is 0.895. The molecule has 0 N–H and O–H groups in total. The molecule has 1 aliphatic carbocycles. The van der Waals surface area contributed by atoms with Gasteiger partial charge in [0.15, 0.2) is 0 Å². The first-order valence-corrected chi connectivity index (χ1v) is 9.40. The van der Waals surface area contributed by atoms with Gasteiger partial charge < -0.3 is 4.74 Å². The van der Waals surface area contributed by atoms with Crippen molar-refractivity contribution in [1.82, 2.24) is 15.0 Å². The summed E-state index contributed by atoms with van der Waals surface area (Å²) in [4.78, 5) is 0. The molecule has 2 aromatic carbocycles. The number of ether oxygens (including phenoxy) is 1. The molecule has 1 aromatic heterocycles. The third-order valence-electron chi connectivity index (χ3n) is 5.30. The topological polar surface area (TPSA) is 39.9 Å². The average Bonchev–Trinajstić information content (AvgIpc) is 3.03. The molecule has 1 heterocycles. The van der Waals surface area contributed by atoms with E-state index in [1.807, 2.05) is 17.8 Å². The van der Waals surface area contributed by atoms with Gasteiger partial charge in [-0.15, -0.1) is 5.10 Å². The van der Waals surface area contributed by atoms with Crippen LogP contribution in [0, 0.1) is 0 Å². The second-order valence-electron chi connectivity index (χ2n) is 7.03. The van der Waals surface area contributed by atoms with E-state index in [0.29, 0.717) is 0 Å². The number of unbranched alkanes of at least 4 members (excludes halogenated alkanes) is 1. The van der Waals surface area contributed by atoms with Gasteiger partial charge in [0, 0.05) is 18.2 Å². The number of aromatic nitrogens is 3. The Bertz CT molecular complexity index is 943. The van der Waals surface area contributed by atoms with Crippen LogP contribution in [0.1, 0.15) is 36.5 Å². The minimum atomic E-state index is 0.895. The summed E-state index contributed by atoms with van der Waals surface area (Å²) >= 11 is 0. The Morgan fingerprint density at radius 2 is 1.81 bits per heavy atom. The van der Waals surface area contributed by atoms with E-state index in [4.69, 9.17) is 4.74 Å². The van der Waals surface area contributed by atoms with Crippen molar-refractivity contribution < 1.29 is 4.74 Å². The molecular formula is C22H25N3O. The van der Waals surface area contributed by atoms with Gasteiger partial charge in [-0.05, 0) is 60.6 Å². The molecule has 0 unspecified atom stereocenters. The van der Waals surface area contributed by atoms with Crippen molar-refractivity contribution >= 4 is 0 Å². The maximum atomic E-state index is 5.44. The van der Waals surface area contributed by atoms with E-state index in [-0.39, 0.29) is 0 Å². The summed E-state index contributed by atoms with van der Waals surface area (Å²) in [7, 11) is 3.69. The monoisotopic (exact) mass is 347 g/mol. The van der Waals surface area contributed by atoms with Crippen LogP contribution in [0.3, 0.4) is 0 Å². The van der Waals surface area contributed by atoms with Gasteiger partial charge >= 0.3 is 0 Å². The molecule has 4 heteroatoms. The van der Waals surface area contributed by atoms with Crippen molar-refractivity contribution in [2.45, 2.75) is 39.0 Å². The second kappa shape index (κ2) is 6.94. The van der Waals surface area contributed by atoms with Gasteiger partial charge in [0.25, 0.3) is 0 Å². The van der Waals surface area contributed by atoms with Crippen LogP contribution in [0.25, 0.3) is 22.5 Å². The van der Waals surface area contributed by atoms with Crippen molar-refractivity contribution in [3.8, 4) is 28.3 Å². The lowest BCUT2D eigenvalue weighted by molar-refractivity contribution is 0.414. The van der Waals surface area contributed by atoms with Crippen molar-refractivity contribution in [3.63, 3.8) is 0 Å². The van der Waals surface area contributed by atoms with Crippen molar-refractivity contribution in [2.75, 3.05) is 7.11 Å². The van der Waals surface area contributed by atoms with E-state index in [0.717, 1.165) is 42.0 Å². The largest absolute Gasteiger partial charge is 0.497 e. The second-order valence-corrected chi connectivity index (χ2v) is 7.03. The van der Waals surface area contributed by atoms with Gasteiger partial charge in [-0.3, -0.25) is 0 Å². The maximum absolute atomic E-state index is 5.44. The number of rotatable bonds is 4. The van der Waals surface area contributed by atoms with Crippen LogP contribution in [-0.4, -0.2) is 22.1 Å². The van der Waals surface area contributed by atoms with Crippen LogP contribution in [0.5, 0.6) is 5.75 Å². The third-order valence-corrected chi connectivity index (χ3v) is 5.30. The number of methoxy groups -OCH3 is 1. The SMILES string of the molecule is CCCCc1ccc2c(c1)CCc1cc(OC)ccc1-c1nnn(C)c1-2. The van der Waals surface area contributed by atoms with Gasteiger partial charge in [0.05, 0.1) is 12.8 Å². The van der Waals surface area contributed by atoms with Crippen LogP contribution in [0.2, 0.25) is 0 Å². The molecule has 0 saturated carbocycles. The Hall–Kier alpha value is -2.62. The first-order valence-electron chi connectivity index (χ1n) is 9.40. The summed E-state index contributed by atoms with van der Waals surface area (Å²) in [6.07, 6.45) is 5.59. The highest BCUT2D eigenvalue weighted by Crippen LogP contribution is 2.38. The number of aryl methyl sites for hydroxylation is 4. The van der Waals surface area contributed by atoms with Crippen LogP contribution in [-0.2, 0) is 26.3 Å².